The summed E-state index contributed by atoms with van der Waals surface area (Å²) in [4.78, 5) is 12.1. The van der Waals surface area contributed by atoms with Crippen LogP contribution in [-0.2, 0) is 4.74 Å². The van der Waals surface area contributed by atoms with E-state index in [4.69, 9.17) is 10.5 Å². The van der Waals surface area contributed by atoms with Gasteiger partial charge in [-0.3, -0.25) is 5.10 Å². The molecular formula is C23H22N4O2. The van der Waals surface area contributed by atoms with Crippen molar-refractivity contribution in [1.82, 2.24) is 15.5 Å². The zero-order valence-electron chi connectivity index (χ0n) is 16.2. The molecule has 0 atom stereocenters. The van der Waals surface area contributed by atoms with Crippen molar-refractivity contribution in [3.63, 3.8) is 0 Å². The van der Waals surface area contributed by atoms with E-state index in [1.807, 2.05) is 31.2 Å². The van der Waals surface area contributed by atoms with Crippen molar-refractivity contribution in [2.75, 3.05) is 18.9 Å². The number of hydrogen-bond acceptors (Lipinski definition) is 4. The summed E-state index contributed by atoms with van der Waals surface area (Å²) in [7, 11) is 0. The Bertz CT molecular complexity index is 1040. The summed E-state index contributed by atoms with van der Waals surface area (Å²) in [6, 6.07) is 16.5. The van der Waals surface area contributed by atoms with Crippen molar-refractivity contribution >= 4 is 11.9 Å². The number of hydrogen-bond donors (Lipinski definition) is 3. The molecule has 4 N–H and O–H groups in total. The van der Waals surface area contributed by atoms with Gasteiger partial charge < -0.3 is 15.8 Å². The van der Waals surface area contributed by atoms with Crippen LogP contribution in [0.25, 0.3) is 11.1 Å². The highest BCUT2D eigenvalue weighted by atomic mass is 16.5. The second kappa shape index (κ2) is 8.11. The summed E-state index contributed by atoms with van der Waals surface area (Å²) in [6.45, 7) is 2.57. The lowest BCUT2D eigenvalue weighted by Crippen LogP contribution is -2.26. The zero-order chi connectivity index (χ0) is 20.2. The lowest BCUT2D eigenvalue weighted by molar-refractivity contribution is 0.143. The van der Waals surface area contributed by atoms with Crippen molar-refractivity contribution in [1.29, 1.82) is 0 Å². The normalized spacial score (nSPS) is 11.9. The van der Waals surface area contributed by atoms with Crippen LogP contribution in [0.2, 0.25) is 0 Å². The van der Waals surface area contributed by atoms with Gasteiger partial charge in [0.05, 0.1) is 5.56 Å². The molecule has 0 radical (unpaired) electrons. The van der Waals surface area contributed by atoms with Gasteiger partial charge in [0, 0.05) is 24.6 Å². The molecule has 0 unspecified atom stereocenters. The monoisotopic (exact) mass is 386 g/mol. The fraction of sp³-hybridized carbons (Fsp3) is 0.217. The number of nitrogen functional groups attached to an aromatic ring is 1. The van der Waals surface area contributed by atoms with Crippen molar-refractivity contribution in [2.24, 2.45) is 0 Å². The summed E-state index contributed by atoms with van der Waals surface area (Å²) in [5.74, 6) is 6.40. The number of H-pyrrole nitrogens is 1. The first-order valence-electron chi connectivity index (χ1n) is 9.53. The number of alkyl carbamates (subject to hydrolysis) is 1. The number of amides is 1. The molecule has 1 aliphatic carbocycles. The fourth-order valence-electron chi connectivity index (χ4n) is 3.63. The van der Waals surface area contributed by atoms with E-state index in [1.54, 1.807) is 0 Å². The molecule has 1 amide bonds. The molecule has 0 saturated heterocycles. The average molecular weight is 386 g/mol. The van der Waals surface area contributed by atoms with E-state index >= 15 is 0 Å². The molecular weight excluding hydrogens is 364 g/mol. The third kappa shape index (κ3) is 3.81. The van der Waals surface area contributed by atoms with Gasteiger partial charge in [0.15, 0.2) is 5.82 Å². The van der Waals surface area contributed by atoms with Gasteiger partial charge in [-0.15, -0.1) is 0 Å². The lowest BCUT2D eigenvalue weighted by Gasteiger charge is -2.14. The van der Waals surface area contributed by atoms with Gasteiger partial charge >= 0.3 is 6.09 Å². The highest BCUT2D eigenvalue weighted by molar-refractivity contribution is 5.79. The van der Waals surface area contributed by atoms with E-state index < -0.39 is 6.09 Å². The number of aromatic nitrogens is 2. The number of ether oxygens (including phenoxy) is 1. The van der Waals surface area contributed by atoms with E-state index in [-0.39, 0.29) is 5.92 Å². The smallest absolute Gasteiger partial charge is 0.407 e. The maximum Gasteiger partial charge on any atom is 0.407 e. The second-order valence-corrected chi connectivity index (χ2v) is 6.91. The van der Waals surface area contributed by atoms with Gasteiger partial charge in [0.2, 0.25) is 0 Å². The fourth-order valence-corrected chi connectivity index (χ4v) is 3.63. The molecule has 1 aromatic heterocycles. The largest absolute Gasteiger partial charge is 0.449 e. The number of carbonyl (C=O) groups is 1. The highest BCUT2D eigenvalue weighted by Gasteiger charge is 2.28. The van der Waals surface area contributed by atoms with Crippen LogP contribution in [0.15, 0.2) is 48.5 Å². The Balaban J connectivity index is 1.31. The molecule has 4 rings (SSSR count). The molecule has 29 heavy (non-hydrogen) atoms. The summed E-state index contributed by atoms with van der Waals surface area (Å²) in [6.07, 6.45) is 0.0570. The first kappa shape index (κ1) is 18.6. The Morgan fingerprint density at radius 2 is 1.83 bits per heavy atom. The molecule has 3 aromatic rings. The number of aromatic amines is 1. The SMILES string of the molecule is Cc1[nH]nc(N)c1C#CCCNC(=O)OCC1c2ccccc2-c2ccccc21. The number of aryl methyl sites for hydroxylation is 1. The van der Waals surface area contributed by atoms with Gasteiger partial charge in [0.25, 0.3) is 0 Å². The van der Waals surface area contributed by atoms with Crippen LogP contribution in [0.4, 0.5) is 10.6 Å². The van der Waals surface area contributed by atoms with E-state index in [2.05, 4.69) is 51.6 Å². The number of rotatable bonds is 4. The minimum Gasteiger partial charge on any atom is -0.449 e. The molecule has 0 saturated carbocycles. The third-order valence-electron chi connectivity index (χ3n) is 5.05. The molecule has 1 heterocycles. The topological polar surface area (TPSA) is 93.0 Å². The van der Waals surface area contributed by atoms with E-state index in [9.17, 15) is 4.79 Å². The van der Waals surface area contributed by atoms with Gasteiger partial charge in [0.1, 0.15) is 6.61 Å². The van der Waals surface area contributed by atoms with Crippen LogP contribution in [0, 0.1) is 18.8 Å². The van der Waals surface area contributed by atoms with Crippen molar-refractivity contribution in [3.8, 4) is 23.0 Å². The highest BCUT2D eigenvalue weighted by Crippen LogP contribution is 2.44. The molecule has 1 aliphatic rings. The number of carbonyl (C=O) groups excluding carboxylic acids is 1. The van der Waals surface area contributed by atoms with Gasteiger partial charge in [-0.25, -0.2) is 4.79 Å². The van der Waals surface area contributed by atoms with Gasteiger partial charge in [-0.05, 0) is 29.2 Å². The predicted molar refractivity (Wildman–Crippen MR) is 112 cm³/mol. The summed E-state index contributed by atoms with van der Waals surface area (Å²) in [5.41, 5.74) is 12.1. The second-order valence-electron chi connectivity index (χ2n) is 6.91. The predicted octanol–water partition coefficient (Wildman–Crippen LogP) is 3.58. The molecule has 0 aliphatic heterocycles. The zero-order valence-corrected chi connectivity index (χ0v) is 16.2. The van der Waals surface area contributed by atoms with Crippen molar-refractivity contribution < 1.29 is 9.53 Å². The lowest BCUT2D eigenvalue weighted by atomic mass is 9.98. The maximum atomic E-state index is 12.1. The summed E-state index contributed by atoms with van der Waals surface area (Å²) >= 11 is 0. The average Bonchev–Trinajstić information content (AvgIpc) is 3.23. The molecule has 6 nitrogen and oxygen atoms in total. The first-order chi connectivity index (χ1) is 14.1. The minimum atomic E-state index is -0.437. The molecule has 146 valence electrons. The van der Waals surface area contributed by atoms with Gasteiger partial charge in [-0.2, -0.15) is 5.10 Å². The summed E-state index contributed by atoms with van der Waals surface area (Å²) in [5, 5.41) is 9.43. The first-order valence-corrected chi connectivity index (χ1v) is 9.53. The summed E-state index contributed by atoms with van der Waals surface area (Å²) < 4.78 is 5.50. The Morgan fingerprint density at radius 3 is 2.45 bits per heavy atom. The quantitative estimate of drug-likeness (QED) is 0.472. The number of anilines is 1. The maximum absolute atomic E-state index is 12.1. The Morgan fingerprint density at radius 1 is 1.17 bits per heavy atom. The van der Waals surface area contributed by atoms with Crippen LogP contribution in [0.3, 0.4) is 0 Å². The Kier molecular flexibility index (Phi) is 5.21. The molecule has 2 aromatic carbocycles. The van der Waals surface area contributed by atoms with Crippen LogP contribution in [0.5, 0.6) is 0 Å². The van der Waals surface area contributed by atoms with Crippen molar-refractivity contribution in [3.05, 3.63) is 70.9 Å². The third-order valence-corrected chi connectivity index (χ3v) is 5.05. The van der Waals surface area contributed by atoms with E-state index in [0.29, 0.717) is 31.0 Å². The standard InChI is InChI=1S/C23H22N4O2/c1-15-16(22(24)27-26-15)8-6-7-13-25-23(28)29-14-21-19-11-4-2-9-17(19)18-10-3-5-12-20(18)21/h2-5,9-12,21H,7,13-14H2,1H3,(H,25,28)(H3,24,26,27). The number of nitrogens with zero attached hydrogens (tertiary/aromatic N) is 1. The van der Waals surface area contributed by atoms with Crippen LogP contribution in [-0.4, -0.2) is 29.4 Å². The number of nitrogens with two attached hydrogens (primary N) is 1. The van der Waals surface area contributed by atoms with E-state index in [0.717, 1.165) is 5.69 Å². The van der Waals surface area contributed by atoms with Crippen molar-refractivity contribution in [2.45, 2.75) is 19.3 Å². The van der Waals surface area contributed by atoms with Gasteiger partial charge in [-0.1, -0.05) is 60.4 Å². The number of fused-ring (bicyclic) bond motifs is 3. The molecule has 0 spiro atoms. The minimum absolute atomic E-state index is 0.0555. The Hall–Kier alpha value is -3.72. The van der Waals surface area contributed by atoms with E-state index in [1.165, 1.54) is 22.3 Å². The Labute approximate surface area is 169 Å². The molecule has 6 heteroatoms. The van der Waals surface area contributed by atoms with Crippen LogP contribution >= 0.6 is 0 Å². The molecule has 0 fully saturated rings. The molecule has 0 bridgehead atoms. The van der Waals surface area contributed by atoms with Crippen LogP contribution < -0.4 is 11.1 Å². The van der Waals surface area contributed by atoms with Crippen LogP contribution in [0.1, 0.15) is 34.7 Å². The number of nitrogens with one attached hydrogen (secondary N) is 2. The number of benzene rings is 2.